The zero-order valence-electron chi connectivity index (χ0n) is 17.9. The van der Waals surface area contributed by atoms with Gasteiger partial charge in [-0.05, 0) is 69.0 Å². The SMILES string of the molecule is CC(C)S(=O)(=O)CCCCCCCc1ccc(N2C(=O)c3ccc(Cl)cc3C2=O)cc1. The van der Waals surface area contributed by atoms with E-state index >= 15 is 0 Å². The predicted molar refractivity (Wildman–Crippen MR) is 125 cm³/mol. The summed E-state index contributed by atoms with van der Waals surface area (Å²) in [4.78, 5) is 26.5. The van der Waals surface area contributed by atoms with Gasteiger partial charge < -0.3 is 0 Å². The van der Waals surface area contributed by atoms with Crippen molar-refractivity contribution >= 4 is 38.9 Å². The number of anilines is 1. The molecule has 3 rings (SSSR count). The molecule has 31 heavy (non-hydrogen) atoms. The van der Waals surface area contributed by atoms with Gasteiger partial charge in [0, 0.05) is 5.02 Å². The Morgan fingerprint density at radius 3 is 2.13 bits per heavy atom. The molecule has 0 radical (unpaired) electrons. The van der Waals surface area contributed by atoms with Crippen LogP contribution in [0.3, 0.4) is 0 Å². The maximum absolute atomic E-state index is 12.6. The van der Waals surface area contributed by atoms with Crippen LogP contribution in [0.4, 0.5) is 5.69 Å². The highest BCUT2D eigenvalue weighted by atomic mass is 35.5. The Labute approximate surface area is 189 Å². The second kappa shape index (κ2) is 9.96. The van der Waals surface area contributed by atoms with Crippen LogP contribution in [0.1, 0.15) is 72.2 Å². The number of benzene rings is 2. The fourth-order valence-electron chi connectivity index (χ4n) is 3.66. The largest absolute Gasteiger partial charge is 0.268 e. The van der Waals surface area contributed by atoms with Gasteiger partial charge in [0.2, 0.25) is 0 Å². The van der Waals surface area contributed by atoms with Crippen molar-refractivity contribution in [3.05, 3.63) is 64.2 Å². The van der Waals surface area contributed by atoms with Crippen LogP contribution in [-0.4, -0.2) is 31.2 Å². The number of aryl methyl sites for hydroxylation is 1. The number of amides is 2. The number of rotatable bonds is 10. The maximum atomic E-state index is 12.6. The zero-order valence-corrected chi connectivity index (χ0v) is 19.5. The Kier molecular flexibility index (Phi) is 7.55. The molecule has 2 aromatic rings. The van der Waals surface area contributed by atoms with E-state index in [0.717, 1.165) is 44.1 Å². The van der Waals surface area contributed by atoms with Gasteiger partial charge in [-0.2, -0.15) is 0 Å². The van der Waals surface area contributed by atoms with Crippen LogP contribution in [0, 0.1) is 0 Å². The van der Waals surface area contributed by atoms with Crippen molar-refractivity contribution in [2.45, 2.75) is 57.6 Å². The van der Waals surface area contributed by atoms with Crippen molar-refractivity contribution in [2.75, 3.05) is 10.7 Å². The Bertz CT molecular complexity index is 1060. The molecular weight excluding hydrogens is 434 g/mol. The molecule has 0 aliphatic carbocycles. The summed E-state index contributed by atoms with van der Waals surface area (Å²) in [6.07, 6.45) is 5.63. The van der Waals surface area contributed by atoms with Crippen molar-refractivity contribution in [3.8, 4) is 0 Å². The molecule has 0 saturated heterocycles. The van der Waals surface area contributed by atoms with Crippen molar-refractivity contribution in [1.29, 1.82) is 0 Å². The summed E-state index contributed by atoms with van der Waals surface area (Å²) >= 11 is 5.96. The van der Waals surface area contributed by atoms with E-state index < -0.39 is 9.84 Å². The number of sulfone groups is 1. The van der Waals surface area contributed by atoms with Crippen LogP contribution in [0.15, 0.2) is 42.5 Å². The van der Waals surface area contributed by atoms with Gasteiger partial charge in [-0.25, -0.2) is 13.3 Å². The molecule has 0 atom stereocenters. The highest BCUT2D eigenvalue weighted by Gasteiger charge is 2.36. The van der Waals surface area contributed by atoms with E-state index in [1.165, 1.54) is 11.0 Å². The third-order valence-corrected chi connectivity index (χ3v) is 8.18. The molecule has 0 unspecified atom stereocenters. The molecule has 0 saturated carbocycles. The van der Waals surface area contributed by atoms with Gasteiger partial charge in [0.25, 0.3) is 11.8 Å². The van der Waals surface area contributed by atoms with Crippen molar-refractivity contribution in [3.63, 3.8) is 0 Å². The molecule has 166 valence electrons. The van der Waals surface area contributed by atoms with E-state index in [-0.39, 0.29) is 22.8 Å². The summed E-state index contributed by atoms with van der Waals surface area (Å²) in [5, 5.41) is 0.132. The molecule has 0 fully saturated rings. The van der Waals surface area contributed by atoms with Crippen LogP contribution < -0.4 is 4.90 Å². The third kappa shape index (κ3) is 5.55. The second-order valence-corrected chi connectivity index (χ2v) is 11.3. The minimum atomic E-state index is -2.93. The normalized spacial score (nSPS) is 13.9. The molecule has 0 aromatic heterocycles. The number of carbonyl (C=O) groups excluding carboxylic acids is 2. The Balaban J connectivity index is 1.46. The van der Waals surface area contributed by atoms with Crippen LogP contribution >= 0.6 is 11.6 Å². The van der Waals surface area contributed by atoms with Crippen LogP contribution in [0.25, 0.3) is 0 Å². The second-order valence-electron chi connectivity index (χ2n) is 8.24. The summed E-state index contributed by atoms with van der Waals surface area (Å²) in [5.41, 5.74) is 2.41. The molecular formula is C24H28ClNO4S. The van der Waals surface area contributed by atoms with Crippen molar-refractivity contribution in [2.24, 2.45) is 0 Å². The standard InChI is InChI=1S/C24H28ClNO4S/c1-17(2)31(29,30)15-7-5-3-4-6-8-18-9-12-20(13-10-18)26-23(27)21-14-11-19(25)16-22(21)24(26)28/h9-14,16-17H,3-8,15H2,1-2H3. The Morgan fingerprint density at radius 1 is 0.839 bits per heavy atom. The summed E-state index contributed by atoms with van der Waals surface area (Å²) in [6.45, 7) is 3.45. The van der Waals surface area contributed by atoms with E-state index in [9.17, 15) is 18.0 Å². The summed E-state index contributed by atoms with van der Waals surface area (Å²) in [5.74, 6) is -0.408. The van der Waals surface area contributed by atoms with E-state index in [4.69, 9.17) is 11.6 Å². The van der Waals surface area contributed by atoms with Gasteiger partial charge in [0.15, 0.2) is 9.84 Å². The van der Waals surface area contributed by atoms with E-state index in [2.05, 4.69) is 0 Å². The number of halogens is 1. The van der Waals surface area contributed by atoms with Gasteiger partial charge >= 0.3 is 0 Å². The van der Waals surface area contributed by atoms with Gasteiger partial charge in [0.1, 0.15) is 0 Å². The highest BCUT2D eigenvalue weighted by molar-refractivity contribution is 7.91. The average molecular weight is 462 g/mol. The predicted octanol–water partition coefficient (Wildman–Crippen LogP) is 5.46. The molecule has 0 bridgehead atoms. The van der Waals surface area contributed by atoms with E-state index in [1.807, 2.05) is 12.1 Å². The zero-order chi connectivity index (χ0) is 22.6. The fraction of sp³-hybridized carbons (Fsp3) is 0.417. The molecule has 1 heterocycles. The van der Waals surface area contributed by atoms with Crippen LogP contribution in [0.2, 0.25) is 5.02 Å². The lowest BCUT2D eigenvalue weighted by atomic mass is 10.1. The van der Waals surface area contributed by atoms with Crippen LogP contribution in [-0.2, 0) is 16.3 Å². The molecule has 0 spiro atoms. The number of hydrogen-bond donors (Lipinski definition) is 0. The third-order valence-electron chi connectivity index (χ3n) is 5.66. The monoisotopic (exact) mass is 461 g/mol. The van der Waals surface area contributed by atoms with Gasteiger partial charge in [-0.15, -0.1) is 0 Å². The van der Waals surface area contributed by atoms with Crippen molar-refractivity contribution < 1.29 is 18.0 Å². The summed E-state index contributed by atoms with van der Waals surface area (Å²) < 4.78 is 23.6. The van der Waals surface area contributed by atoms with Gasteiger partial charge in [-0.3, -0.25) is 9.59 Å². The number of hydrogen-bond acceptors (Lipinski definition) is 4. The lowest BCUT2D eigenvalue weighted by Gasteiger charge is -2.14. The highest BCUT2D eigenvalue weighted by Crippen LogP contribution is 2.30. The summed E-state index contributed by atoms with van der Waals surface area (Å²) in [6, 6.07) is 12.2. The first-order valence-corrected chi connectivity index (χ1v) is 12.8. The molecule has 0 N–H and O–H groups in total. The van der Waals surface area contributed by atoms with Crippen molar-refractivity contribution in [1.82, 2.24) is 0 Å². The number of unbranched alkanes of at least 4 members (excludes halogenated alkanes) is 4. The first-order chi connectivity index (χ1) is 14.7. The number of carbonyl (C=O) groups is 2. The maximum Gasteiger partial charge on any atom is 0.266 e. The number of nitrogens with zero attached hydrogens (tertiary/aromatic N) is 1. The first kappa shape index (κ1) is 23.5. The Hall–Kier alpha value is -2.18. The molecule has 5 nitrogen and oxygen atoms in total. The lowest BCUT2D eigenvalue weighted by Crippen LogP contribution is -2.29. The molecule has 1 aliphatic heterocycles. The van der Waals surface area contributed by atoms with Gasteiger partial charge in [0.05, 0.1) is 27.8 Å². The summed E-state index contributed by atoms with van der Waals surface area (Å²) in [7, 11) is -2.93. The molecule has 7 heteroatoms. The minimum absolute atomic E-state index is 0.274. The van der Waals surface area contributed by atoms with Crippen LogP contribution in [0.5, 0.6) is 0 Å². The molecule has 2 amide bonds. The van der Waals surface area contributed by atoms with E-state index in [0.29, 0.717) is 21.8 Å². The first-order valence-electron chi connectivity index (χ1n) is 10.7. The smallest absolute Gasteiger partial charge is 0.266 e. The number of fused-ring (bicyclic) bond motifs is 1. The number of imide groups is 1. The molecule has 1 aliphatic rings. The lowest BCUT2D eigenvalue weighted by molar-refractivity contribution is 0.0926. The Morgan fingerprint density at radius 2 is 1.45 bits per heavy atom. The van der Waals surface area contributed by atoms with Gasteiger partial charge in [-0.1, -0.05) is 43.0 Å². The fourth-order valence-corrected chi connectivity index (χ4v) is 4.91. The minimum Gasteiger partial charge on any atom is -0.268 e. The topological polar surface area (TPSA) is 71.5 Å². The van der Waals surface area contributed by atoms with E-state index in [1.54, 1.807) is 38.1 Å². The molecule has 2 aromatic carbocycles. The quantitative estimate of drug-likeness (QED) is 0.348. The average Bonchev–Trinajstić information content (AvgIpc) is 2.97.